The van der Waals surface area contributed by atoms with Gasteiger partial charge in [-0.1, -0.05) is 35.6 Å². The van der Waals surface area contributed by atoms with Crippen LogP contribution >= 0.6 is 11.3 Å². The van der Waals surface area contributed by atoms with Crippen molar-refractivity contribution in [3.8, 4) is 0 Å². The summed E-state index contributed by atoms with van der Waals surface area (Å²) in [6, 6.07) is 16.1. The Kier molecular flexibility index (Phi) is 5.22. The van der Waals surface area contributed by atoms with Crippen LogP contribution in [0.3, 0.4) is 0 Å². The number of urea groups is 1. The SMILES string of the molecule is CN(Cc1ccc(N2CCOCC2)cc1)C(=O)Nc1nc2ccccc2s1. The van der Waals surface area contributed by atoms with Crippen LogP contribution in [0.15, 0.2) is 48.5 Å². The summed E-state index contributed by atoms with van der Waals surface area (Å²) in [7, 11) is 1.79. The summed E-state index contributed by atoms with van der Waals surface area (Å²) in [5.74, 6) is 0. The van der Waals surface area contributed by atoms with Crippen molar-refractivity contribution in [3.05, 3.63) is 54.1 Å². The van der Waals surface area contributed by atoms with Crippen molar-refractivity contribution in [2.24, 2.45) is 0 Å². The van der Waals surface area contributed by atoms with Crippen LogP contribution in [0.25, 0.3) is 10.2 Å². The number of hydrogen-bond acceptors (Lipinski definition) is 5. The molecule has 1 aliphatic rings. The van der Waals surface area contributed by atoms with Crippen LogP contribution in [0.2, 0.25) is 0 Å². The van der Waals surface area contributed by atoms with E-state index in [-0.39, 0.29) is 6.03 Å². The lowest BCUT2D eigenvalue weighted by atomic mass is 10.2. The van der Waals surface area contributed by atoms with Crippen LogP contribution in [0, 0.1) is 0 Å². The summed E-state index contributed by atoms with van der Waals surface area (Å²) >= 11 is 1.48. The second-order valence-corrected chi connectivity index (χ2v) is 7.57. The predicted molar refractivity (Wildman–Crippen MR) is 110 cm³/mol. The third-order valence-electron chi connectivity index (χ3n) is 4.59. The molecule has 0 atom stereocenters. The van der Waals surface area contributed by atoms with Crippen LogP contribution in [-0.2, 0) is 11.3 Å². The molecule has 7 heteroatoms. The number of hydrogen-bond donors (Lipinski definition) is 1. The van der Waals surface area contributed by atoms with Gasteiger partial charge in [0.2, 0.25) is 0 Å². The molecule has 6 nitrogen and oxygen atoms in total. The number of morpholine rings is 1. The van der Waals surface area contributed by atoms with Gasteiger partial charge >= 0.3 is 6.03 Å². The van der Waals surface area contributed by atoms with Gasteiger partial charge in [0.25, 0.3) is 0 Å². The number of aromatic nitrogens is 1. The Hall–Kier alpha value is -2.64. The highest BCUT2D eigenvalue weighted by molar-refractivity contribution is 7.22. The number of thiazole rings is 1. The maximum Gasteiger partial charge on any atom is 0.323 e. The molecule has 0 aliphatic carbocycles. The molecule has 1 saturated heterocycles. The van der Waals surface area contributed by atoms with Crippen molar-refractivity contribution in [2.75, 3.05) is 43.6 Å². The molecule has 2 amide bonds. The molecular formula is C20H22N4O2S. The smallest absolute Gasteiger partial charge is 0.323 e. The van der Waals surface area contributed by atoms with Crippen molar-refractivity contribution < 1.29 is 9.53 Å². The molecule has 3 aromatic rings. The molecule has 140 valence electrons. The second-order valence-electron chi connectivity index (χ2n) is 6.54. The first kappa shape index (κ1) is 17.8. The summed E-state index contributed by atoms with van der Waals surface area (Å²) < 4.78 is 6.46. The van der Waals surface area contributed by atoms with E-state index >= 15 is 0 Å². The third-order valence-corrected chi connectivity index (χ3v) is 5.54. The van der Waals surface area contributed by atoms with Crippen molar-refractivity contribution in [3.63, 3.8) is 0 Å². The van der Waals surface area contributed by atoms with Gasteiger partial charge in [0.05, 0.1) is 23.4 Å². The van der Waals surface area contributed by atoms with Gasteiger partial charge < -0.3 is 14.5 Å². The quantitative estimate of drug-likeness (QED) is 0.746. The number of nitrogens with zero attached hydrogens (tertiary/aromatic N) is 3. The molecule has 0 saturated carbocycles. The van der Waals surface area contributed by atoms with Gasteiger partial charge in [-0.15, -0.1) is 0 Å². The average Bonchev–Trinajstić information content (AvgIpc) is 3.11. The molecule has 0 radical (unpaired) electrons. The van der Waals surface area contributed by atoms with Crippen LogP contribution in [0.5, 0.6) is 0 Å². The number of para-hydroxylation sites is 1. The third kappa shape index (κ3) is 4.20. The molecule has 0 bridgehead atoms. The van der Waals surface area contributed by atoms with Gasteiger partial charge in [-0.05, 0) is 29.8 Å². The lowest BCUT2D eigenvalue weighted by Gasteiger charge is -2.29. The van der Waals surface area contributed by atoms with E-state index in [1.807, 2.05) is 24.3 Å². The van der Waals surface area contributed by atoms with Crippen molar-refractivity contribution in [1.29, 1.82) is 0 Å². The topological polar surface area (TPSA) is 57.7 Å². The monoisotopic (exact) mass is 382 g/mol. The summed E-state index contributed by atoms with van der Waals surface area (Å²) in [6.07, 6.45) is 0. The second kappa shape index (κ2) is 7.94. The van der Waals surface area contributed by atoms with E-state index in [1.54, 1.807) is 11.9 Å². The molecule has 0 spiro atoms. The predicted octanol–water partition coefficient (Wildman–Crippen LogP) is 3.80. The van der Waals surface area contributed by atoms with Crippen molar-refractivity contribution in [2.45, 2.75) is 6.54 Å². The highest BCUT2D eigenvalue weighted by Gasteiger charge is 2.14. The molecular weight excluding hydrogens is 360 g/mol. The average molecular weight is 382 g/mol. The normalized spacial score (nSPS) is 14.3. The fourth-order valence-corrected chi connectivity index (χ4v) is 3.95. The molecule has 2 aromatic carbocycles. The van der Waals surface area contributed by atoms with Crippen molar-refractivity contribution in [1.82, 2.24) is 9.88 Å². The van der Waals surface area contributed by atoms with E-state index < -0.39 is 0 Å². The summed E-state index contributed by atoms with van der Waals surface area (Å²) in [5.41, 5.74) is 3.19. The minimum atomic E-state index is -0.161. The number of rotatable bonds is 4. The number of nitrogens with one attached hydrogen (secondary N) is 1. The molecule has 27 heavy (non-hydrogen) atoms. The summed E-state index contributed by atoms with van der Waals surface area (Å²) in [5, 5.41) is 3.51. The van der Waals surface area contributed by atoms with Gasteiger partial charge in [0.1, 0.15) is 0 Å². The number of anilines is 2. The lowest BCUT2D eigenvalue weighted by molar-refractivity contribution is 0.122. The first-order chi connectivity index (χ1) is 13.2. The zero-order valence-corrected chi connectivity index (χ0v) is 16.0. The number of fused-ring (bicyclic) bond motifs is 1. The van der Waals surface area contributed by atoms with Crippen LogP contribution < -0.4 is 10.2 Å². The Morgan fingerprint density at radius 1 is 1.19 bits per heavy atom. The lowest BCUT2D eigenvalue weighted by Crippen LogP contribution is -2.36. The molecule has 1 aromatic heterocycles. The Balaban J connectivity index is 1.36. The molecule has 1 aliphatic heterocycles. The van der Waals surface area contributed by atoms with E-state index in [0.717, 1.165) is 42.1 Å². The van der Waals surface area contributed by atoms with Crippen LogP contribution in [0.1, 0.15) is 5.56 Å². The zero-order valence-electron chi connectivity index (χ0n) is 15.2. The maximum absolute atomic E-state index is 12.5. The van der Waals surface area contributed by atoms with E-state index in [0.29, 0.717) is 11.7 Å². The largest absolute Gasteiger partial charge is 0.378 e. The van der Waals surface area contributed by atoms with Gasteiger partial charge in [-0.25, -0.2) is 9.78 Å². The molecule has 2 heterocycles. The minimum Gasteiger partial charge on any atom is -0.378 e. The number of ether oxygens (including phenoxy) is 1. The summed E-state index contributed by atoms with van der Waals surface area (Å²) in [4.78, 5) is 20.9. The van der Waals surface area contributed by atoms with Gasteiger partial charge in [-0.3, -0.25) is 5.32 Å². The van der Waals surface area contributed by atoms with Gasteiger partial charge in [-0.2, -0.15) is 0 Å². The van der Waals surface area contributed by atoms with Gasteiger partial charge in [0.15, 0.2) is 5.13 Å². The van der Waals surface area contributed by atoms with Crippen molar-refractivity contribution >= 4 is 38.4 Å². The van der Waals surface area contributed by atoms with E-state index in [4.69, 9.17) is 4.74 Å². The summed E-state index contributed by atoms with van der Waals surface area (Å²) in [6.45, 7) is 3.93. The number of benzene rings is 2. The number of amides is 2. The number of carbonyl (C=O) groups is 1. The Morgan fingerprint density at radius 3 is 2.67 bits per heavy atom. The fourth-order valence-electron chi connectivity index (χ4n) is 3.09. The first-order valence-corrected chi connectivity index (χ1v) is 9.80. The Morgan fingerprint density at radius 2 is 1.93 bits per heavy atom. The number of carbonyl (C=O) groups excluding carboxylic acids is 1. The van der Waals surface area contributed by atoms with E-state index in [9.17, 15) is 4.79 Å². The van der Waals surface area contributed by atoms with Crippen LogP contribution in [0.4, 0.5) is 15.6 Å². The highest BCUT2D eigenvalue weighted by Crippen LogP contribution is 2.25. The van der Waals surface area contributed by atoms with Gasteiger partial charge in [0, 0.05) is 32.4 Å². The van der Waals surface area contributed by atoms with E-state index in [2.05, 4.69) is 39.5 Å². The molecule has 0 unspecified atom stereocenters. The maximum atomic E-state index is 12.5. The first-order valence-electron chi connectivity index (χ1n) is 8.98. The van der Waals surface area contributed by atoms with E-state index in [1.165, 1.54) is 17.0 Å². The standard InChI is InChI=1S/C20H22N4O2S/c1-23(20(25)22-19-21-17-4-2-3-5-18(17)27-19)14-15-6-8-16(9-7-15)24-10-12-26-13-11-24/h2-9H,10-14H2,1H3,(H,21,22,25). The Labute approximate surface area is 162 Å². The molecule has 1 N–H and O–H groups in total. The highest BCUT2D eigenvalue weighted by atomic mass is 32.1. The van der Waals surface area contributed by atoms with Crippen LogP contribution in [-0.4, -0.2) is 49.3 Å². The Bertz CT molecular complexity index is 886. The minimum absolute atomic E-state index is 0.161. The molecule has 4 rings (SSSR count). The molecule has 1 fully saturated rings. The zero-order chi connectivity index (χ0) is 18.6. The fraction of sp³-hybridized carbons (Fsp3) is 0.300.